The summed E-state index contributed by atoms with van der Waals surface area (Å²) in [5.41, 5.74) is 2.01. The highest BCUT2D eigenvalue weighted by Crippen LogP contribution is 2.21. The fraction of sp³-hybridized carbons (Fsp3) is 0.500. The Morgan fingerprint density at radius 3 is 2.73 bits per heavy atom. The van der Waals surface area contributed by atoms with Crippen LogP contribution >= 0.6 is 11.3 Å². The van der Waals surface area contributed by atoms with Crippen LogP contribution < -0.4 is 10.1 Å². The number of amides is 1. The standard InChI is InChI=1S/C20H27N3O2S/c1-3-25-18-6-4-16(5-7-18)12-19(24)22-20-21-17(14-26-20)13-23-10-8-15(2)9-11-23/h4-7,14-15H,3,8-13H2,1-2H3,(H,21,22,24). The molecule has 1 aromatic carbocycles. The number of anilines is 1. The summed E-state index contributed by atoms with van der Waals surface area (Å²) < 4.78 is 5.42. The number of likely N-dealkylation sites (tertiary alicyclic amines) is 1. The number of hydrogen-bond donors (Lipinski definition) is 1. The number of carbonyl (C=O) groups excluding carboxylic acids is 1. The highest BCUT2D eigenvalue weighted by molar-refractivity contribution is 7.13. The van der Waals surface area contributed by atoms with Crippen LogP contribution in [0.5, 0.6) is 5.75 Å². The van der Waals surface area contributed by atoms with E-state index in [1.807, 2.05) is 36.6 Å². The van der Waals surface area contributed by atoms with Gasteiger partial charge >= 0.3 is 0 Å². The quantitative estimate of drug-likeness (QED) is 0.798. The Hall–Kier alpha value is -1.92. The van der Waals surface area contributed by atoms with Crippen LogP contribution in [0.15, 0.2) is 29.6 Å². The van der Waals surface area contributed by atoms with Crippen LogP contribution in [0.4, 0.5) is 5.13 Å². The lowest BCUT2D eigenvalue weighted by molar-refractivity contribution is -0.115. The molecule has 140 valence electrons. The molecule has 1 N–H and O–H groups in total. The topological polar surface area (TPSA) is 54.5 Å². The van der Waals surface area contributed by atoms with E-state index in [4.69, 9.17) is 4.74 Å². The number of ether oxygens (including phenoxy) is 1. The van der Waals surface area contributed by atoms with E-state index in [-0.39, 0.29) is 5.91 Å². The summed E-state index contributed by atoms with van der Waals surface area (Å²) >= 11 is 1.50. The van der Waals surface area contributed by atoms with Crippen molar-refractivity contribution in [3.63, 3.8) is 0 Å². The van der Waals surface area contributed by atoms with E-state index >= 15 is 0 Å². The van der Waals surface area contributed by atoms with Crippen LogP contribution in [-0.4, -0.2) is 35.5 Å². The van der Waals surface area contributed by atoms with Crippen molar-refractivity contribution in [2.45, 2.75) is 39.7 Å². The Balaban J connectivity index is 1.48. The molecule has 6 heteroatoms. The number of rotatable bonds is 7. The maximum absolute atomic E-state index is 12.2. The first-order valence-corrected chi connectivity index (χ1v) is 10.2. The fourth-order valence-electron chi connectivity index (χ4n) is 3.11. The number of benzene rings is 1. The Morgan fingerprint density at radius 1 is 1.31 bits per heavy atom. The van der Waals surface area contributed by atoms with Gasteiger partial charge < -0.3 is 10.1 Å². The largest absolute Gasteiger partial charge is 0.494 e. The number of aromatic nitrogens is 1. The van der Waals surface area contributed by atoms with Crippen molar-refractivity contribution >= 4 is 22.4 Å². The molecule has 0 unspecified atom stereocenters. The molecule has 1 aliphatic rings. The van der Waals surface area contributed by atoms with E-state index in [1.165, 1.54) is 24.2 Å². The predicted molar refractivity (Wildman–Crippen MR) is 106 cm³/mol. The highest BCUT2D eigenvalue weighted by Gasteiger charge is 2.17. The van der Waals surface area contributed by atoms with Gasteiger partial charge in [-0.2, -0.15) is 0 Å². The van der Waals surface area contributed by atoms with Gasteiger partial charge in [0, 0.05) is 11.9 Å². The van der Waals surface area contributed by atoms with Crippen LogP contribution in [0.3, 0.4) is 0 Å². The number of nitrogens with one attached hydrogen (secondary N) is 1. The lowest BCUT2D eigenvalue weighted by Gasteiger charge is -2.29. The summed E-state index contributed by atoms with van der Waals surface area (Å²) in [6, 6.07) is 7.64. The van der Waals surface area contributed by atoms with E-state index in [1.54, 1.807) is 0 Å². The number of hydrogen-bond acceptors (Lipinski definition) is 5. The average molecular weight is 374 g/mol. The van der Waals surface area contributed by atoms with Gasteiger partial charge in [-0.1, -0.05) is 19.1 Å². The number of thiazole rings is 1. The number of carbonyl (C=O) groups is 1. The molecule has 0 atom stereocenters. The zero-order valence-corrected chi connectivity index (χ0v) is 16.3. The van der Waals surface area contributed by atoms with Crippen LogP contribution in [0.2, 0.25) is 0 Å². The lowest BCUT2D eigenvalue weighted by Crippen LogP contribution is -2.32. The van der Waals surface area contributed by atoms with E-state index in [9.17, 15) is 4.79 Å². The second-order valence-electron chi connectivity index (χ2n) is 6.90. The van der Waals surface area contributed by atoms with Crippen molar-refractivity contribution < 1.29 is 9.53 Å². The van der Waals surface area contributed by atoms with Crippen LogP contribution in [0, 0.1) is 5.92 Å². The number of piperidine rings is 1. The maximum Gasteiger partial charge on any atom is 0.230 e. The van der Waals surface area contributed by atoms with Gasteiger partial charge in [0.1, 0.15) is 5.75 Å². The minimum atomic E-state index is -0.0399. The second kappa shape index (κ2) is 9.14. The minimum Gasteiger partial charge on any atom is -0.494 e. The minimum absolute atomic E-state index is 0.0399. The van der Waals surface area contributed by atoms with Gasteiger partial charge in [-0.25, -0.2) is 4.98 Å². The molecule has 1 saturated heterocycles. The summed E-state index contributed by atoms with van der Waals surface area (Å²) in [6.45, 7) is 8.06. The monoisotopic (exact) mass is 373 g/mol. The van der Waals surface area contributed by atoms with Crippen molar-refractivity contribution in [1.29, 1.82) is 0 Å². The molecule has 1 amide bonds. The molecular weight excluding hydrogens is 346 g/mol. The normalized spacial score (nSPS) is 15.8. The van der Waals surface area contributed by atoms with Crippen molar-refractivity contribution in [2.75, 3.05) is 25.0 Å². The zero-order chi connectivity index (χ0) is 18.4. The molecule has 26 heavy (non-hydrogen) atoms. The summed E-state index contributed by atoms with van der Waals surface area (Å²) in [7, 11) is 0. The summed E-state index contributed by atoms with van der Waals surface area (Å²) in [4.78, 5) is 19.3. The first-order chi connectivity index (χ1) is 12.6. The van der Waals surface area contributed by atoms with Crippen LogP contribution in [-0.2, 0) is 17.8 Å². The van der Waals surface area contributed by atoms with Gasteiger partial charge in [0.2, 0.25) is 5.91 Å². The zero-order valence-electron chi connectivity index (χ0n) is 15.5. The average Bonchev–Trinajstić information content (AvgIpc) is 3.05. The van der Waals surface area contributed by atoms with E-state index in [0.29, 0.717) is 18.2 Å². The first kappa shape index (κ1) is 18.9. The fourth-order valence-corrected chi connectivity index (χ4v) is 3.82. The molecule has 0 saturated carbocycles. The van der Waals surface area contributed by atoms with Gasteiger partial charge in [0.15, 0.2) is 5.13 Å². The SMILES string of the molecule is CCOc1ccc(CC(=O)Nc2nc(CN3CCC(C)CC3)cs2)cc1. The Kier molecular flexibility index (Phi) is 6.63. The van der Waals surface area contributed by atoms with Crippen molar-refractivity contribution in [2.24, 2.45) is 5.92 Å². The Morgan fingerprint density at radius 2 is 2.04 bits per heavy atom. The predicted octanol–water partition coefficient (Wildman–Crippen LogP) is 3.95. The van der Waals surface area contributed by atoms with E-state index in [2.05, 4.69) is 22.1 Å². The Bertz CT molecular complexity index is 706. The molecule has 0 radical (unpaired) electrons. The molecule has 0 bridgehead atoms. The number of nitrogens with zero attached hydrogens (tertiary/aromatic N) is 2. The highest BCUT2D eigenvalue weighted by atomic mass is 32.1. The first-order valence-electron chi connectivity index (χ1n) is 9.30. The van der Waals surface area contributed by atoms with E-state index in [0.717, 1.165) is 42.6 Å². The molecule has 5 nitrogen and oxygen atoms in total. The van der Waals surface area contributed by atoms with Crippen molar-refractivity contribution in [3.05, 3.63) is 40.9 Å². The van der Waals surface area contributed by atoms with Gasteiger partial charge in [0.25, 0.3) is 0 Å². The molecule has 2 aromatic rings. The molecule has 0 aliphatic carbocycles. The second-order valence-corrected chi connectivity index (χ2v) is 7.76. The third-order valence-corrected chi connectivity index (χ3v) is 5.47. The molecule has 0 spiro atoms. The lowest BCUT2D eigenvalue weighted by atomic mass is 9.99. The maximum atomic E-state index is 12.2. The van der Waals surface area contributed by atoms with Crippen molar-refractivity contribution in [3.8, 4) is 5.75 Å². The smallest absolute Gasteiger partial charge is 0.230 e. The van der Waals surface area contributed by atoms with Gasteiger partial charge in [0.05, 0.1) is 18.7 Å². The van der Waals surface area contributed by atoms with Gasteiger partial charge in [-0.3, -0.25) is 9.69 Å². The molecule has 1 aliphatic heterocycles. The Labute approximate surface area is 159 Å². The molecule has 3 rings (SSSR count). The van der Waals surface area contributed by atoms with Crippen LogP contribution in [0.25, 0.3) is 0 Å². The molecule has 1 fully saturated rings. The van der Waals surface area contributed by atoms with Crippen molar-refractivity contribution in [1.82, 2.24) is 9.88 Å². The summed E-state index contributed by atoms with van der Waals surface area (Å²) in [5.74, 6) is 1.62. The third kappa shape index (κ3) is 5.54. The molecule has 2 heterocycles. The summed E-state index contributed by atoms with van der Waals surface area (Å²) in [6.07, 6.45) is 2.86. The van der Waals surface area contributed by atoms with Crippen LogP contribution in [0.1, 0.15) is 37.9 Å². The van der Waals surface area contributed by atoms with Gasteiger partial charge in [-0.05, 0) is 56.5 Å². The van der Waals surface area contributed by atoms with Gasteiger partial charge in [-0.15, -0.1) is 11.3 Å². The molecule has 1 aromatic heterocycles. The van der Waals surface area contributed by atoms with E-state index < -0.39 is 0 Å². The molecular formula is C20H27N3O2S. The third-order valence-electron chi connectivity index (χ3n) is 4.66. The summed E-state index contributed by atoms with van der Waals surface area (Å²) in [5, 5.41) is 5.64.